The van der Waals surface area contributed by atoms with E-state index in [1.54, 1.807) is 6.07 Å². The molecule has 0 aliphatic rings. The van der Waals surface area contributed by atoms with Gasteiger partial charge in [-0.25, -0.2) is 4.98 Å². The molecule has 0 saturated heterocycles. The maximum absolute atomic E-state index is 11.0. The van der Waals surface area contributed by atoms with Crippen LogP contribution in [0.3, 0.4) is 0 Å². The molecule has 1 heterocycles. The highest BCUT2D eigenvalue weighted by Crippen LogP contribution is 2.25. The molecule has 1 aromatic carbocycles. The summed E-state index contributed by atoms with van der Waals surface area (Å²) >= 11 is 0. The van der Waals surface area contributed by atoms with Crippen LogP contribution in [0.5, 0.6) is 5.88 Å². The number of aryl methyl sites for hydroxylation is 1. The molecule has 0 atom stereocenters. The SMILES string of the molecule is CC(=O)OCC(COC(C)=O)COc1ccc(-c2cccc(CO)c2)c(C)n1. The van der Waals surface area contributed by atoms with Crippen LogP contribution in [0.25, 0.3) is 11.1 Å². The Balaban J connectivity index is 2.05. The Bertz CT molecular complexity index is 802. The van der Waals surface area contributed by atoms with Crippen LogP contribution < -0.4 is 4.74 Å². The fourth-order valence-electron chi connectivity index (χ4n) is 2.58. The second-order valence-electron chi connectivity index (χ2n) is 6.42. The smallest absolute Gasteiger partial charge is 0.302 e. The summed E-state index contributed by atoms with van der Waals surface area (Å²) in [6.07, 6.45) is 0. The number of benzene rings is 1. The van der Waals surface area contributed by atoms with Crippen molar-refractivity contribution >= 4 is 11.9 Å². The van der Waals surface area contributed by atoms with Gasteiger partial charge in [0.15, 0.2) is 0 Å². The highest BCUT2D eigenvalue weighted by Gasteiger charge is 2.15. The van der Waals surface area contributed by atoms with Crippen LogP contribution in [0, 0.1) is 12.8 Å². The summed E-state index contributed by atoms with van der Waals surface area (Å²) < 4.78 is 15.7. The van der Waals surface area contributed by atoms with Crippen LogP contribution in [0.4, 0.5) is 0 Å². The molecule has 0 spiro atoms. The lowest BCUT2D eigenvalue weighted by molar-refractivity contribution is -0.146. The Hall–Kier alpha value is -2.93. The van der Waals surface area contributed by atoms with Crippen molar-refractivity contribution in [1.82, 2.24) is 4.98 Å². The van der Waals surface area contributed by atoms with Gasteiger partial charge in [0, 0.05) is 31.2 Å². The van der Waals surface area contributed by atoms with Crippen LogP contribution in [-0.4, -0.2) is 41.8 Å². The summed E-state index contributed by atoms with van der Waals surface area (Å²) in [4.78, 5) is 26.5. The average molecular weight is 387 g/mol. The highest BCUT2D eigenvalue weighted by atomic mass is 16.6. The standard InChI is InChI=1S/C21H25NO6/c1-14-20(19-6-4-5-17(9-19)10-23)7-8-21(22-14)28-13-18(11-26-15(2)24)12-27-16(3)25/h4-9,18,23H,10-13H2,1-3H3. The molecule has 7 heteroatoms. The van der Waals surface area contributed by atoms with Crippen molar-refractivity contribution in [3.05, 3.63) is 47.7 Å². The van der Waals surface area contributed by atoms with Crippen LogP contribution in [0.1, 0.15) is 25.1 Å². The lowest BCUT2D eigenvalue weighted by atomic mass is 10.0. The average Bonchev–Trinajstić information content (AvgIpc) is 2.67. The van der Waals surface area contributed by atoms with E-state index in [0.29, 0.717) is 5.88 Å². The van der Waals surface area contributed by atoms with E-state index in [2.05, 4.69) is 4.98 Å². The Morgan fingerprint density at radius 3 is 2.29 bits per heavy atom. The topological polar surface area (TPSA) is 95.0 Å². The normalized spacial score (nSPS) is 10.6. The minimum atomic E-state index is -0.406. The highest BCUT2D eigenvalue weighted by molar-refractivity contribution is 5.67. The zero-order chi connectivity index (χ0) is 20.5. The summed E-state index contributed by atoms with van der Waals surface area (Å²) in [5.74, 6) is -0.682. The molecule has 1 aromatic heterocycles. The zero-order valence-electron chi connectivity index (χ0n) is 16.3. The molecule has 0 unspecified atom stereocenters. The van der Waals surface area contributed by atoms with E-state index in [-0.39, 0.29) is 32.3 Å². The Morgan fingerprint density at radius 2 is 1.71 bits per heavy atom. The number of hydrogen-bond donors (Lipinski definition) is 1. The summed E-state index contributed by atoms with van der Waals surface area (Å²) in [7, 11) is 0. The monoisotopic (exact) mass is 387 g/mol. The molecule has 2 aromatic rings. The Labute approximate surface area is 164 Å². The van der Waals surface area contributed by atoms with Crippen molar-refractivity contribution in [1.29, 1.82) is 0 Å². The number of pyridine rings is 1. The van der Waals surface area contributed by atoms with Gasteiger partial charge in [0.25, 0.3) is 0 Å². The van der Waals surface area contributed by atoms with Gasteiger partial charge in [-0.05, 0) is 30.2 Å². The van der Waals surface area contributed by atoms with Gasteiger partial charge in [0.2, 0.25) is 5.88 Å². The fraction of sp³-hybridized carbons (Fsp3) is 0.381. The Morgan fingerprint density at radius 1 is 1.04 bits per heavy atom. The molecule has 28 heavy (non-hydrogen) atoms. The van der Waals surface area contributed by atoms with Gasteiger partial charge in [0.1, 0.15) is 13.2 Å². The number of esters is 2. The number of hydrogen-bond acceptors (Lipinski definition) is 7. The van der Waals surface area contributed by atoms with E-state index >= 15 is 0 Å². The third-order valence-corrected chi connectivity index (χ3v) is 3.99. The number of aromatic nitrogens is 1. The molecule has 0 aliphatic carbocycles. The lowest BCUT2D eigenvalue weighted by Crippen LogP contribution is -2.25. The van der Waals surface area contributed by atoms with Crippen molar-refractivity contribution < 1.29 is 28.9 Å². The number of ether oxygens (including phenoxy) is 3. The summed E-state index contributed by atoms with van der Waals surface area (Å²) in [5, 5.41) is 9.30. The number of rotatable bonds is 9. The predicted molar refractivity (Wildman–Crippen MR) is 103 cm³/mol. The molecule has 0 bridgehead atoms. The van der Waals surface area contributed by atoms with Gasteiger partial charge in [0.05, 0.1) is 19.1 Å². The first kappa shape index (κ1) is 21.4. The third kappa shape index (κ3) is 6.66. The number of aliphatic hydroxyl groups excluding tert-OH is 1. The molecule has 2 rings (SSSR count). The first-order chi connectivity index (χ1) is 13.4. The molecule has 0 radical (unpaired) electrons. The number of aliphatic hydroxyl groups is 1. The van der Waals surface area contributed by atoms with Crippen molar-refractivity contribution in [3.63, 3.8) is 0 Å². The summed E-state index contributed by atoms with van der Waals surface area (Å²) in [5.41, 5.74) is 3.52. The summed E-state index contributed by atoms with van der Waals surface area (Å²) in [6.45, 7) is 4.86. The second-order valence-corrected chi connectivity index (χ2v) is 6.42. The maximum Gasteiger partial charge on any atom is 0.302 e. The van der Waals surface area contributed by atoms with Gasteiger partial charge in [-0.2, -0.15) is 0 Å². The van der Waals surface area contributed by atoms with Crippen molar-refractivity contribution in [2.24, 2.45) is 5.92 Å². The molecule has 7 nitrogen and oxygen atoms in total. The molecule has 0 amide bonds. The van der Waals surface area contributed by atoms with Crippen LogP contribution in [0.2, 0.25) is 0 Å². The van der Waals surface area contributed by atoms with Crippen LogP contribution in [0.15, 0.2) is 36.4 Å². The first-order valence-corrected chi connectivity index (χ1v) is 8.96. The van der Waals surface area contributed by atoms with E-state index < -0.39 is 11.9 Å². The van der Waals surface area contributed by atoms with Crippen molar-refractivity contribution in [2.75, 3.05) is 19.8 Å². The molecule has 0 aliphatic heterocycles. The largest absolute Gasteiger partial charge is 0.477 e. The second kappa shape index (κ2) is 10.4. The van der Waals surface area contributed by atoms with Gasteiger partial charge < -0.3 is 19.3 Å². The van der Waals surface area contributed by atoms with Crippen molar-refractivity contribution in [3.8, 4) is 17.0 Å². The van der Waals surface area contributed by atoms with Gasteiger partial charge in [-0.1, -0.05) is 18.2 Å². The zero-order valence-corrected chi connectivity index (χ0v) is 16.3. The molecule has 0 fully saturated rings. The molecule has 0 saturated carbocycles. The summed E-state index contributed by atoms with van der Waals surface area (Å²) in [6, 6.07) is 11.3. The molecule has 1 N–H and O–H groups in total. The fourth-order valence-corrected chi connectivity index (χ4v) is 2.58. The molecular weight excluding hydrogens is 362 g/mol. The first-order valence-electron chi connectivity index (χ1n) is 8.96. The Kier molecular flexibility index (Phi) is 7.95. The van der Waals surface area contributed by atoms with Gasteiger partial charge in [-0.3, -0.25) is 9.59 Å². The third-order valence-electron chi connectivity index (χ3n) is 3.99. The van der Waals surface area contributed by atoms with E-state index in [9.17, 15) is 14.7 Å². The van der Waals surface area contributed by atoms with Gasteiger partial charge >= 0.3 is 11.9 Å². The van der Waals surface area contributed by atoms with E-state index in [1.165, 1.54) is 13.8 Å². The van der Waals surface area contributed by atoms with E-state index in [1.807, 2.05) is 37.3 Å². The number of carbonyl (C=O) groups excluding carboxylic acids is 2. The minimum Gasteiger partial charge on any atom is -0.477 e. The quantitative estimate of drug-likeness (QED) is 0.661. The lowest BCUT2D eigenvalue weighted by Gasteiger charge is -2.17. The predicted octanol–water partition coefficient (Wildman–Crippen LogP) is 2.67. The van der Waals surface area contributed by atoms with Gasteiger partial charge in [-0.15, -0.1) is 0 Å². The number of carbonyl (C=O) groups is 2. The minimum absolute atomic E-state index is 0.0203. The molecule has 150 valence electrons. The van der Waals surface area contributed by atoms with E-state index in [0.717, 1.165) is 22.4 Å². The van der Waals surface area contributed by atoms with Crippen LogP contribution in [-0.2, 0) is 25.7 Å². The maximum atomic E-state index is 11.0. The van der Waals surface area contributed by atoms with E-state index in [4.69, 9.17) is 14.2 Å². The number of nitrogens with zero attached hydrogens (tertiary/aromatic N) is 1. The molecular formula is C21H25NO6. The van der Waals surface area contributed by atoms with Crippen LogP contribution >= 0.6 is 0 Å². The van der Waals surface area contributed by atoms with Crippen molar-refractivity contribution in [2.45, 2.75) is 27.4 Å².